The minimum Gasteiger partial charge on any atom is -0.333 e. The van der Waals surface area contributed by atoms with Crippen molar-refractivity contribution in [1.82, 2.24) is 0 Å². The maximum atomic E-state index is 2.25. The first-order valence-electron chi connectivity index (χ1n) is 1.86. The van der Waals surface area contributed by atoms with Gasteiger partial charge in [0, 0.05) is 5.94 Å². The van der Waals surface area contributed by atoms with Crippen LogP contribution in [0.2, 0.25) is 11.9 Å². The van der Waals surface area contributed by atoms with Crippen molar-refractivity contribution in [2.45, 2.75) is 11.9 Å². The van der Waals surface area contributed by atoms with Gasteiger partial charge in [-0.1, -0.05) is 0 Å². The largest absolute Gasteiger partial charge is 0.418 e. The SMILES string of the molecule is [B]1[B-]C[Si+]C1. The van der Waals surface area contributed by atoms with Crippen LogP contribution in [0.5, 0.6) is 0 Å². The summed E-state index contributed by atoms with van der Waals surface area (Å²) in [6.07, 6.45) is 0. The summed E-state index contributed by atoms with van der Waals surface area (Å²) in [4.78, 5) is 0. The smallest absolute Gasteiger partial charge is 0.333 e. The van der Waals surface area contributed by atoms with E-state index in [1.54, 1.807) is 0 Å². The summed E-state index contributed by atoms with van der Waals surface area (Å²) in [6.45, 7) is 0. The third kappa shape index (κ3) is 0.837. The van der Waals surface area contributed by atoms with E-state index in [4.69, 9.17) is 0 Å². The summed E-state index contributed by atoms with van der Waals surface area (Å²) in [5.41, 5.74) is 0. The van der Waals surface area contributed by atoms with Gasteiger partial charge in [0.05, 0.1) is 0 Å². The van der Waals surface area contributed by atoms with Crippen LogP contribution < -0.4 is 0 Å². The molecule has 0 aromatic rings. The van der Waals surface area contributed by atoms with Gasteiger partial charge < -0.3 is 7.17 Å². The van der Waals surface area contributed by atoms with E-state index in [0.29, 0.717) is 0 Å². The molecule has 0 amide bonds. The van der Waals surface area contributed by atoms with E-state index in [0.717, 1.165) is 0 Å². The van der Waals surface area contributed by atoms with Crippen LogP contribution in [0, 0.1) is 0 Å². The fourth-order valence-corrected chi connectivity index (χ4v) is 1.25. The zero-order valence-electron chi connectivity index (χ0n) is 3.07. The van der Waals surface area contributed by atoms with E-state index >= 15 is 0 Å². The van der Waals surface area contributed by atoms with Crippen LogP contribution in [0.3, 0.4) is 0 Å². The predicted octanol–water partition coefficient (Wildman–Crippen LogP) is -0.221. The number of hydrogen-bond acceptors (Lipinski definition) is 0. The molecule has 0 N–H and O–H groups in total. The number of hydrogen-bond donors (Lipinski definition) is 0. The average molecular weight is 77.8 g/mol. The Balaban J connectivity index is 2.08. The first kappa shape index (κ1) is 3.53. The molecule has 0 spiro atoms. The van der Waals surface area contributed by atoms with Crippen molar-refractivity contribution in [1.29, 1.82) is 0 Å². The Morgan fingerprint density at radius 3 is 3.00 bits per heavy atom. The summed E-state index contributed by atoms with van der Waals surface area (Å²) in [6, 6.07) is 0. The maximum Gasteiger partial charge on any atom is 0.418 e. The van der Waals surface area contributed by atoms with Crippen molar-refractivity contribution in [3.8, 4) is 0 Å². The second kappa shape index (κ2) is 1.70. The zero-order valence-corrected chi connectivity index (χ0v) is 4.07. The van der Waals surface area contributed by atoms with Gasteiger partial charge in [-0.05, 0) is 0 Å². The van der Waals surface area contributed by atoms with Crippen molar-refractivity contribution in [2.24, 2.45) is 0 Å². The van der Waals surface area contributed by atoms with Crippen LogP contribution in [0.1, 0.15) is 0 Å². The Morgan fingerprint density at radius 2 is 2.80 bits per heavy atom. The quantitative estimate of drug-likeness (QED) is 0.351. The lowest BCUT2D eigenvalue weighted by Crippen LogP contribution is -1.86. The molecule has 4 radical (unpaired) electrons. The lowest BCUT2D eigenvalue weighted by Gasteiger charge is -1.81. The normalized spacial score (nSPS) is 20.8. The molecule has 0 aromatic heterocycles. The molecule has 0 aliphatic carbocycles. The number of rotatable bonds is 0. The Morgan fingerprint density at radius 1 is 1.80 bits per heavy atom. The first-order valence-corrected chi connectivity index (χ1v) is 3.27. The highest BCUT2D eigenvalue weighted by Gasteiger charge is 2.02. The molecule has 3 heteroatoms. The highest BCUT2D eigenvalue weighted by Crippen LogP contribution is 1.89. The van der Waals surface area contributed by atoms with Crippen molar-refractivity contribution >= 4 is 23.9 Å². The molecule has 1 rings (SSSR count). The van der Waals surface area contributed by atoms with E-state index in [1.165, 1.54) is 21.4 Å². The molecule has 0 bridgehead atoms. The lowest BCUT2D eigenvalue weighted by molar-refractivity contribution is 1.96. The third-order valence-corrected chi connectivity index (χ3v) is 1.74. The molecule has 0 saturated carbocycles. The second-order valence-electron chi connectivity index (χ2n) is 1.13. The molecule has 1 fully saturated rings. The summed E-state index contributed by atoms with van der Waals surface area (Å²) >= 11 is 0. The molecular formula is C2H4B2Si. The van der Waals surface area contributed by atoms with Crippen LogP contribution in [0.25, 0.3) is 0 Å². The topological polar surface area (TPSA) is 0 Å². The standard InChI is InChI=1S/C2H4B2Si/c1-3-4-2-5-1/h1-2H2. The molecule has 0 unspecified atom stereocenters. The maximum absolute atomic E-state index is 2.25. The summed E-state index contributed by atoms with van der Waals surface area (Å²) in [5.74, 6) is 2.69. The van der Waals surface area contributed by atoms with Crippen LogP contribution in [0.4, 0.5) is 0 Å². The molecule has 1 aliphatic heterocycles. The Bertz CT molecular complexity index is 19.2. The van der Waals surface area contributed by atoms with Gasteiger partial charge in [0.15, 0.2) is 0 Å². The van der Waals surface area contributed by atoms with Gasteiger partial charge in [-0.15, -0.1) is 13.1 Å². The van der Waals surface area contributed by atoms with Crippen molar-refractivity contribution in [3.63, 3.8) is 0 Å². The van der Waals surface area contributed by atoms with Gasteiger partial charge >= 0.3 is 9.52 Å². The van der Waals surface area contributed by atoms with Gasteiger partial charge in [-0.25, -0.2) is 0 Å². The van der Waals surface area contributed by atoms with Gasteiger partial charge in [0.2, 0.25) is 0 Å². The van der Waals surface area contributed by atoms with Gasteiger partial charge in [0.1, 0.15) is 0 Å². The average Bonchev–Trinajstić information content (AvgIpc) is 1.76. The zero-order chi connectivity index (χ0) is 3.54. The summed E-state index contributed by atoms with van der Waals surface area (Å²) in [5, 5.41) is 0. The van der Waals surface area contributed by atoms with Crippen LogP contribution in [-0.4, -0.2) is 23.9 Å². The van der Waals surface area contributed by atoms with E-state index < -0.39 is 0 Å². The molecule has 22 valence electrons. The predicted molar refractivity (Wildman–Crippen MR) is 26.9 cm³/mol. The Labute approximate surface area is 36.6 Å². The van der Waals surface area contributed by atoms with E-state index in [1.807, 2.05) is 0 Å². The molecule has 1 aliphatic rings. The second-order valence-corrected chi connectivity index (χ2v) is 2.45. The van der Waals surface area contributed by atoms with E-state index in [2.05, 4.69) is 14.3 Å². The van der Waals surface area contributed by atoms with Gasteiger partial charge in [0.25, 0.3) is 0 Å². The molecule has 5 heavy (non-hydrogen) atoms. The van der Waals surface area contributed by atoms with Crippen molar-refractivity contribution in [3.05, 3.63) is 0 Å². The fourth-order valence-electron chi connectivity index (χ4n) is 0.417. The molecule has 0 atom stereocenters. The minimum absolute atomic E-state index is 1.20. The Kier molecular flexibility index (Phi) is 1.20. The summed E-state index contributed by atoms with van der Waals surface area (Å²) < 4.78 is 0. The molecular weight excluding hydrogens is 73.7 g/mol. The first-order chi connectivity index (χ1) is 2.50. The van der Waals surface area contributed by atoms with Crippen LogP contribution in [0.15, 0.2) is 0 Å². The Hall–Kier alpha value is 0.347. The summed E-state index contributed by atoms with van der Waals surface area (Å²) in [7, 11) is 5.69. The third-order valence-electron chi connectivity index (χ3n) is 0.691. The molecule has 0 aromatic carbocycles. The van der Waals surface area contributed by atoms with E-state index in [9.17, 15) is 0 Å². The van der Waals surface area contributed by atoms with Gasteiger partial charge in [-0.2, -0.15) is 0 Å². The molecule has 0 nitrogen and oxygen atoms in total. The monoisotopic (exact) mass is 78.0 g/mol. The molecule has 1 saturated heterocycles. The highest BCUT2D eigenvalue weighted by molar-refractivity contribution is 7.10. The van der Waals surface area contributed by atoms with Gasteiger partial charge in [-0.3, -0.25) is 0 Å². The van der Waals surface area contributed by atoms with Crippen molar-refractivity contribution in [2.75, 3.05) is 0 Å². The van der Waals surface area contributed by atoms with Crippen molar-refractivity contribution < 1.29 is 0 Å². The fraction of sp³-hybridized carbons (Fsp3) is 1.00. The molecule has 1 heterocycles. The van der Waals surface area contributed by atoms with Crippen LogP contribution >= 0.6 is 0 Å². The van der Waals surface area contributed by atoms with Crippen LogP contribution in [-0.2, 0) is 0 Å². The van der Waals surface area contributed by atoms with E-state index in [-0.39, 0.29) is 0 Å². The minimum atomic E-state index is 1.20. The lowest BCUT2D eigenvalue weighted by atomic mass is 9.43. The highest BCUT2D eigenvalue weighted by atomic mass is 28.2.